The van der Waals surface area contributed by atoms with Crippen LogP contribution in [0, 0.1) is 0 Å². The number of piperazine rings is 1. The molecule has 4 heterocycles. The Kier molecular flexibility index (Phi) is 7.40. The van der Waals surface area contributed by atoms with Crippen molar-refractivity contribution in [3.63, 3.8) is 0 Å². The van der Waals surface area contributed by atoms with Gasteiger partial charge in [-0.15, -0.1) is 0 Å². The first kappa shape index (κ1) is 25.4. The van der Waals surface area contributed by atoms with Gasteiger partial charge in [-0.05, 0) is 19.2 Å². The molecule has 0 spiro atoms. The Morgan fingerprint density at radius 1 is 1.28 bits per heavy atom. The van der Waals surface area contributed by atoms with E-state index in [0.717, 1.165) is 4.90 Å². The summed E-state index contributed by atoms with van der Waals surface area (Å²) in [6.45, 7) is 1.86. The van der Waals surface area contributed by atoms with Crippen LogP contribution in [0.2, 0.25) is 0 Å². The predicted octanol–water partition coefficient (Wildman–Crippen LogP) is -1.23. The molecule has 3 atom stereocenters. The molecule has 0 radical (unpaired) electrons. The standard InChI is InChI=1S/C21H25N5O9S/c1-24-5-7-25(8-6-24)21(31)35-10-12-11-36(32)19-15(18(28)26(19)16(12)20(29)30)22-17(27)14(23-33-2)13-4-3-9-34-13/h3-4,9,15,19H,5-8,10-11H2,1-2H3,(H,22,27)(H,29,30)/b23-14+/t15?,19-,36?/m1/s1. The van der Waals surface area contributed by atoms with Gasteiger partial charge in [0.1, 0.15) is 30.8 Å². The number of likely N-dealkylation sites (N-methyl/N-ethyl adjacent to an activating group) is 1. The number of hydrogen-bond acceptors (Lipinski definition) is 10. The van der Waals surface area contributed by atoms with Gasteiger partial charge in [0, 0.05) is 31.8 Å². The van der Waals surface area contributed by atoms with Crippen molar-refractivity contribution in [1.82, 2.24) is 20.0 Å². The normalized spacial score (nSPS) is 24.7. The number of rotatable bonds is 7. The smallest absolute Gasteiger partial charge is 0.410 e. The molecule has 3 aliphatic heterocycles. The Balaban J connectivity index is 1.47. The molecule has 2 unspecified atom stereocenters. The highest BCUT2D eigenvalue weighted by molar-refractivity contribution is 7.86. The minimum absolute atomic E-state index is 0.0508. The molecule has 0 bridgehead atoms. The highest BCUT2D eigenvalue weighted by Crippen LogP contribution is 2.35. The number of nitrogens with one attached hydrogen (secondary N) is 1. The van der Waals surface area contributed by atoms with Gasteiger partial charge in [-0.2, -0.15) is 0 Å². The van der Waals surface area contributed by atoms with Crippen molar-refractivity contribution in [3.8, 4) is 0 Å². The summed E-state index contributed by atoms with van der Waals surface area (Å²) in [4.78, 5) is 59.2. The van der Waals surface area contributed by atoms with Gasteiger partial charge in [-0.25, -0.2) is 9.59 Å². The average molecular weight is 524 g/mol. The lowest BCUT2D eigenvalue weighted by Crippen LogP contribution is -2.74. The number of fused-ring (bicyclic) bond motifs is 1. The van der Waals surface area contributed by atoms with E-state index in [1.807, 2.05) is 7.05 Å². The number of carboxylic acids is 1. The quantitative estimate of drug-likeness (QED) is 0.250. The van der Waals surface area contributed by atoms with E-state index in [1.165, 1.54) is 30.4 Å². The molecule has 4 rings (SSSR count). The number of aliphatic carboxylic acids is 1. The van der Waals surface area contributed by atoms with Crippen LogP contribution in [0.3, 0.4) is 0 Å². The number of hydrogen-bond donors (Lipinski definition) is 2. The molecule has 14 nitrogen and oxygen atoms in total. The zero-order chi connectivity index (χ0) is 26.0. The fourth-order valence-corrected chi connectivity index (χ4v) is 5.77. The molecule has 15 heteroatoms. The van der Waals surface area contributed by atoms with E-state index in [2.05, 4.69) is 20.2 Å². The monoisotopic (exact) mass is 523 g/mol. The first-order valence-corrected chi connectivity index (χ1v) is 12.3. The van der Waals surface area contributed by atoms with Crippen molar-refractivity contribution in [2.75, 3.05) is 52.7 Å². The highest BCUT2D eigenvalue weighted by Gasteiger charge is 2.57. The maximum absolute atomic E-state index is 13.0. The predicted molar refractivity (Wildman–Crippen MR) is 123 cm³/mol. The fraction of sp³-hybridized carbons (Fsp3) is 0.476. The molecule has 2 fully saturated rings. The topological polar surface area (TPSA) is 171 Å². The zero-order valence-corrected chi connectivity index (χ0v) is 20.4. The van der Waals surface area contributed by atoms with Gasteiger partial charge in [0.05, 0.1) is 22.8 Å². The van der Waals surface area contributed by atoms with Gasteiger partial charge >= 0.3 is 12.1 Å². The van der Waals surface area contributed by atoms with Crippen molar-refractivity contribution in [2.45, 2.75) is 11.4 Å². The van der Waals surface area contributed by atoms with Gasteiger partial charge in [0.15, 0.2) is 5.76 Å². The Hall–Kier alpha value is -3.72. The summed E-state index contributed by atoms with van der Waals surface area (Å²) >= 11 is 0. The second-order valence-corrected chi connectivity index (χ2v) is 9.81. The third kappa shape index (κ3) is 4.83. The van der Waals surface area contributed by atoms with Crippen LogP contribution >= 0.6 is 0 Å². The molecule has 3 amide bonds. The summed E-state index contributed by atoms with van der Waals surface area (Å²) in [5.41, 5.74) is -0.603. The molecular formula is C21H25N5O9S. The maximum atomic E-state index is 13.0. The number of ether oxygens (including phenoxy) is 1. The molecule has 0 saturated carbocycles. The van der Waals surface area contributed by atoms with E-state index in [9.17, 15) is 28.5 Å². The molecule has 0 aromatic carbocycles. The second-order valence-electron chi connectivity index (χ2n) is 8.28. The Labute approximate surface area is 207 Å². The lowest BCUT2D eigenvalue weighted by atomic mass is 10.0. The van der Waals surface area contributed by atoms with E-state index < -0.39 is 58.4 Å². The lowest BCUT2D eigenvalue weighted by Gasteiger charge is -2.48. The third-order valence-electron chi connectivity index (χ3n) is 5.98. The second kappa shape index (κ2) is 10.5. The number of carboxylic acid groups (broad SMARTS) is 1. The molecule has 3 aliphatic rings. The van der Waals surface area contributed by atoms with E-state index in [4.69, 9.17) is 9.15 Å². The minimum atomic E-state index is -1.78. The van der Waals surface area contributed by atoms with E-state index >= 15 is 0 Å². The van der Waals surface area contributed by atoms with Crippen molar-refractivity contribution in [2.24, 2.45) is 5.16 Å². The SMILES string of the molecule is CO/N=C(/C(=O)NC1C(=O)N2C(C(=O)O)=C(COC(=O)N3CCN(C)CC3)CS(=O)[C@H]12)c1ccco1. The number of nitrogens with zero attached hydrogens (tertiary/aromatic N) is 4. The molecule has 1 aromatic heterocycles. The van der Waals surface area contributed by atoms with Crippen molar-refractivity contribution >= 4 is 40.4 Å². The summed E-state index contributed by atoms with van der Waals surface area (Å²) in [7, 11) is 1.38. The fourth-order valence-electron chi connectivity index (χ4n) is 4.11. The molecule has 36 heavy (non-hydrogen) atoms. The van der Waals surface area contributed by atoms with Gasteiger partial charge in [0.2, 0.25) is 5.71 Å². The van der Waals surface area contributed by atoms with Crippen LogP contribution in [-0.2, 0) is 34.8 Å². The van der Waals surface area contributed by atoms with Gasteiger partial charge < -0.3 is 34.2 Å². The van der Waals surface area contributed by atoms with E-state index in [0.29, 0.717) is 26.2 Å². The molecular weight excluding hydrogens is 498 g/mol. The first-order valence-electron chi connectivity index (χ1n) is 10.9. The molecule has 2 N–H and O–H groups in total. The first-order chi connectivity index (χ1) is 17.2. The van der Waals surface area contributed by atoms with Crippen LogP contribution in [0.15, 0.2) is 39.2 Å². The number of oxime groups is 1. The van der Waals surface area contributed by atoms with Crippen molar-refractivity contribution in [3.05, 3.63) is 35.4 Å². The van der Waals surface area contributed by atoms with Crippen LogP contribution in [0.4, 0.5) is 4.79 Å². The van der Waals surface area contributed by atoms with Crippen LogP contribution < -0.4 is 5.32 Å². The number of β-lactam (4-membered cyclic amide) rings is 1. The largest absolute Gasteiger partial charge is 0.477 e. The molecule has 194 valence electrons. The molecule has 2 saturated heterocycles. The number of amides is 3. The van der Waals surface area contributed by atoms with Crippen LogP contribution in [-0.4, -0.2) is 118 Å². The number of furan rings is 1. The van der Waals surface area contributed by atoms with Gasteiger partial charge in [-0.1, -0.05) is 5.16 Å². The number of carbonyl (C=O) groups excluding carboxylic acids is 3. The van der Waals surface area contributed by atoms with Gasteiger partial charge in [-0.3, -0.25) is 18.7 Å². The third-order valence-corrected chi connectivity index (χ3v) is 7.63. The summed E-state index contributed by atoms with van der Waals surface area (Å²) < 4.78 is 23.4. The summed E-state index contributed by atoms with van der Waals surface area (Å²) in [6, 6.07) is 1.74. The molecule has 0 aliphatic carbocycles. The molecule has 1 aromatic rings. The average Bonchev–Trinajstić information content (AvgIpc) is 3.38. The van der Waals surface area contributed by atoms with E-state index in [1.54, 1.807) is 0 Å². The van der Waals surface area contributed by atoms with Crippen molar-refractivity contribution < 1.29 is 42.5 Å². The Bertz CT molecular complexity index is 1140. The van der Waals surface area contributed by atoms with E-state index in [-0.39, 0.29) is 22.8 Å². The summed E-state index contributed by atoms with van der Waals surface area (Å²) in [5.74, 6) is -3.18. The lowest BCUT2D eigenvalue weighted by molar-refractivity contribution is -0.150. The van der Waals surface area contributed by atoms with Crippen LogP contribution in [0.25, 0.3) is 0 Å². The highest BCUT2D eigenvalue weighted by atomic mass is 32.2. The summed E-state index contributed by atoms with van der Waals surface area (Å²) in [5, 5.41) is 14.7. The Morgan fingerprint density at radius 3 is 2.61 bits per heavy atom. The van der Waals surface area contributed by atoms with Gasteiger partial charge in [0.25, 0.3) is 11.8 Å². The maximum Gasteiger partial charge on any atom is 0.410 e. The van der Waals surface area contributed by atoms with Crippen molar-refractivity contribution in [1.29, 1.82) is 0 Å². The van der Waals surface area contributed by atoms with Crippen LogP contribution in [0.5, 0.6) is 0 Å². The minimum Gasteiger partial charge on any atom is -0.477 e. The zero-order valence-electron chi connectivity index (χ0n) is 19.5. The summed E-state index contributed by atoms with van der Waals surface area (Å²) in [6.07, 6.45) is 0.707. The van der Waals surface area contributed by atoms with Crippen LogP contribution in [0.1, 0.15) is 5.76 Å². The number of carbonyl (C=O) groups is 4. The Morgan fingerprint density at radius 2 is 2.00 bits per heavy atom.